The molecule has 0 heterocycles. The van der Waals surface area contributed by atoms with E-state index in [0.29, 0.717) is 5.11 Å². The van der Waals surface area contributed by atoms with Gasteiger partial charge in [0.05, 0.1) is 25.6 Å². The van der Waals surface area contributed by atoms with Crippen LogP contribution in [0.15, 0.2) is 53.6 Å². The summed E-state index contributed by atoms with van der Waals surface area (Å²) in [6.07, 6.45) is 6.52. The Morgan fingerprint density at radius 1 is 1.07 bits per heavy atom. The van der Waals surface area contributed by atoms with Crippen LogP contribution in [0.3, 0.4) is 0 Å². The van der Waals surface area contributed by atoms with Crippen LogP contribution in [0.1, 0.15) is 38.2 Å². The summed E-state index contributed by atoms with van der Waals surface area (Å²) >= 11 is 5.25. The summed E-state index contributed by atoms with van der Waals surface area (Å²) < 4.78 is 11.0. The van der Waals surface area contributed by atoms with Crippen molar-refractivity contribution in [1.82, 2.24) is 5.43 Å². The highest BCUT2D eigenvalue weighted by Crippen LogP contribution is 2.22. The number of thiocarbonyl (C=S) groups is 1. The Morgan fingerprint density at radius 3 is 2.59 bits per heavy atom. The fourth-order valence-corrected chi connectivity index (χ4v) is 2.60. The van der Waals surface area contributed by atoms with Crippen molar-refractivity contribution in [2.45, 2.75) is 32.6 Å². The third-order valence-electron chi connectivity index (χ3n) is 3.88. The summed E-state index contributed by atoms with van der Waals surface area (Å²) in [7, 11) is 1.62. The summed E-state index contributed by atoms with van der Waals surface area (Å²) in [6, 6.07) is 15.4. The van der Waals surface area contributed by atoms with Gasteiger partial charge in [-0.15, -0.1) is 0 Å². The molecule has 0 aliphatic rings. The lowest BCUT2D eigenvalue weighted by Gasteiger charge is -2.10. The predicted molar refractivity (Wildman–Crippen MR) is 116 cm³/mol. The van der Waals surface area contributed by atoms with Gasteiger partial charge in [0.1, 0.15) is 11.5 Å². The lowest BCUT2D eigenvalue weighted by Crippen LogP contribution is -2.24. The fraction of sp³-hybridized carbons (Fsp3) is 0.333. The third-order valence-corrected chi connectivity index (χ3v) is 4.07. The van der Waals surface area contributed by atoms with Gasteiger partial charge < -0.3 is 14.8 Å². The molecule has 5 nitrogen and oxygen atoms in total. The minimum Gasteiger partial charge on any atom is -0.495 e. The Morgan fingerprint density at radius 2 is 1.85 bits per heavy atom. The zero-order chi connectivity index (χ0) is 19.3. The molecule has 0 spiro atoms. The van der Waals surface area contributed by atoms with Crippen molar-refractivity contribution in [3.63, 3.8) is 0 Å². The number of unbranched alkanes of at least 4 members (excludes halogenated alkanes) is 3. The largest absolute Gasteiger partial charge is 0.495 e. The summed E-state index contributed by atoms with van der Waals surface area (Å²) in [5.74, 6) is 1.60. The molecule has 0 saturated carbocycles. The van der Waals surface area contributed by atoms with Gasteiger partial charge >= 0.3 is 0 Å². The Kier molecular flexibility index (Phi) is 9.13. The van der Waals surface area contributed by atoms with Crippen LogP contribution in [0.5, 0.6) is 11.5 Å². The van der Waals surface area contributed by atoms with Crippen molar-refractivity contribution in [2.75, 3.05) is 19.0 Å². The van der Waals surface area contributed by atoms with E-state index < -0.39 is 0 Å². The van der Waals surface area contributed by atoms with Crippen molar-refractivity contribution < 1.29 is 9.47 Å². The summed E-state index contributed by atoms with van der Waals surface area (Å²) in [4.78, 5) is 0. The van der Waals surface area contributed by atoms with Crippen LogP contribution in [0.2, 0.25) is 0 Å². The Bertz CT molecular complexity index is 732. The molecular formula is C21H27N3O2S. The van der Waals surface area contributed by atoms with Gasteiger partial charge in [-0.1, -0.05) is 38.3 Å². The van der Waals surface area contributed by atoms with Crippen molar-refractivity contribution in [2.24, 2.45) is 5.10 Å². The standard InChI is InChI=1S/C21H27N3O2S/c1-3-4-5-8-15-26-18-13-11-17(12-14-18)16-22-24-21(27)23-19-9-6-7-10-20(19)25-2/h6-7,9-14,16H,3-5,8,15H2,1-2H3,(H2,23,24,27). The van der Waals surface area contributed by atoms with Crippen LogP contribution in [-0.4, -0.2) is 25.0 Å². The molecule has 2 rings (SSSR count). The first kappa shape index (κ1) is 20.7. The predicted octanol–water partition coefficient (Wildman–Crippen LogP) is 4.97. The lowest BCUT2D eigenvalue weighted by molar-refractivity contribution is 0.305. The maximum Gasteiger partial charge on any atom is 0.191 e. The maximum absolute atomic E-state index is 5.74. The second-order valence-electron chi connectivity index (χ2n) is 6.00. The summed E-state index contributed by atoms with van der Waals surface area (Å²) in [6.45, 7) is 2.97. The Labute approximate surface area is 166 Å². The van der Waals surface area contributed by atoms with Gasteiger partial charge in [0.2, 0.25) is 0 Å². The molecule has 0 bridgehead atoms. The van der Waals surface area contributed by atoms with Crippen molar-refractivity contribution in [3.05, 3.63) is 54.1 Å². The minimum atomic E-state index is 0.391. The van der Waals surface area contributed by atoms with Crippen LogP contribution in [0, 0.1) is 0 Å². The molecule has 0 atom stereocenters. The number of nitrogens with one attached hydrogen (secondary N) is 2. The number of benzene rings is 2. The molecule has 2 aromatic carbocycles. The highest BCUT2D eigenvalue weighted by Gasteiger charge is 2.02. The lowest BCUT2D eigenvalue weighted by atomic mass is 10.2. The van der Waals surface area contributed by atoms with E-state index >= 15 is 0 Å². The zero-order valence-corrected chi connectivity index (χ0v) is 16.7. The second-order valence-corrected chi connectivity index (χ2v) is 6.41. The topological polar surface area (TPSA) is 54.9 Å². The molecule has 2 N–H and O–H groups in total. The summed E-state index contributed by atoms with van der Waals surface area (Å²) in [5, 5.41) is 7.61. The number of hydrogen-bond donors (Lipinski definition) is 2. The first-order chi connectivity index (χ1) is 13.2. The van der Waals surface area contributed by atoms with Crippen molar-refractivity contribution >= 4 is 29.2 Å². The molecule has 0 fully saturated rings. The normalized spacial score (nSPS) is 10.6. The number of ether oxygens (including phenoxy) is 2. The van der Waals surface area contributed by atoms with Crippen LogP contribution >= 0.6 is 12.2 Å². The van der Waals surface area contributed by atoms with Crippen molar-refractivity contribution in [3.8, 4) is 11.5 Å². The van der Waals surface area contributed by atoms with E-state index in [4.69, 9.17) is 21.7 Å². The van der Waals surface area contributed by atoms with E-state index in [2.05, 4.69) is 22.8 Å². The highest BCUT2D eigenvalue weighted by atomic mass is 32.1. The van der Waals surface area contributed by atoms with E-state index in [0.717, 1.165) is 35.8 Å². The summed E-state index contributed by atoms with van der Waals surface area (Å²) in [5.41, 5.74) is 4.55. The van der Waals surface area contributed by atoms with Gasteiger partial charge in [0.15, 0.2) is 5.11 Å². The molecule has 0 aliphatic carbocycles. The monoisotopic (exact) mass is 385 g/mol. The Hall–Kier alpha value is -2.60. The average Bonchev–Trinajstić information content (AvgIpc) is 2.69. The number of nitrogens with zero attached hydrogens (tertiary/aromatic N) is 1. The molecule has 0 saturated heterocycles. The third kappa shape index (κ3) is 7.66. The molecule has 0 amide bonds. The maximum atomic E-state index is 5.74. The quantitative estimate of drug-likeness (QED) is 0.262. The van der Waals surface area contributed by atoms with Crippen LogP contribution in [-0.2, 0) is 0 Å². The second kappa shape index (κ2) is 11.9. The van der Waals surface area contributed by atoms with Crippen molar-refractivity contribution in [1.29, 1.82) is 0 Å². The molecule has 144 valence electrons. The molecular weight excluding hydrogens is 358 g/mol. The van der Waals surface area contributed by atoms with Crippen LogP contribution in [0.4, 0.5) is 5.69 Å². The first-order valence-electron chi connectivity index (χ1n) is 9.19. The minimum absolute atomic E-state index is 0.391. The van der Waals surface area contributed by atoms with Gasteiger partial charge in [0, 0.05) is 0 Å². The molecule has 6 heteroatoms. The molecule has 0 unspecified atom stereocenters. The number of rotatable bonds is 10. The molecule has 0 aliphatic heterocycles. The smallest absolute Gasteiger partial charge is 0.191 e. The number of hydrogen-bond acceptors (Lipinski definition) is 4. The number of anilines is 1. The van der Waals surface area contributed by atoms with Gasteiger partial charge in [-0.2, -0.15) is 5.10 Å². The Balaban J connectivity index is 1.76. The molecule has 0 radical (unpaired) electrons. The number of para-hydroxylation sites is 2. The van der Waals surface area contributed by atoms with E-state index in [9.17, 15) is 0 Å². The number of hydrazone groups is 1. The van der Waals surface area contributed by atoms with E-state index in [1.54, 1.807) is 13.3 Å². The fourth-order valence-electron chi connectivity index (χ4n) is 2.43. The van der Waals surface area contributed by atoms with E-state index in [-0.39, 0.29) is 0 Å². The van der Waals surface area contributed by atoms with Gasteiger partial charge in [0.25, 0.3) is 0 Å². The van der Waals surface area contributed by atoms with E-state index in [1.165, 1.54) is 19.3 Å². The van der Waals surface area contributed by atoms with Gasteiger partial charge in [-0.05, 0) is 60.6 Å². The molecule has 0 aromatic heterocycles. The number of methoxy groups -OCH3 is 1. The molecule has 2 aromatic rings. The SMILES string of the molecule is CCCCCCOc1ccc(C=NNC(=S)Nc2ccccc2OC)cc1. The van der Waals surface area contributed by atoms with Crippen LogP contribution in [0.25, 0.3) is 0 Å². The van der Waals surface area contributed by atoms with Gasteiger partial charge in [-0.25, -0.2) is 0 Å². The highest BCUT2D eigenvalue weighted by molar-refractivity contribution is 7.80. The average molecular weight is 386 g/mol. The zero-order valence-electron chi connectivity index (χ0n) is 15.9. The molecule has 27 heavy (non-hydrogen) atoms. The first-order valence-corrected chi connectivity index (χ1v) is 9.59. The van der Waals surface area contributed by atoms with E-state index in [1.807, 2.05) is 48.5 Å². The van der Waals surface area contributed by atoms with Gasteiger partial charge in [-0.3, -0.25) is 5.43 Å². The van der Waals surface area contributed by atoms with Crippen LogP contribution < -0.4 is 20.2 Å².